The van der Waals surface area contributed by atoms with E-state index in [9.17, 15) is 0 Å². The molecule has 1 aromatic rings. The molecular formula is C13H16Br2. The SMILES string of the molecule is CC(C(Br)Cc1ccc(Br)cc1)C1CC1. The highest BCUT2D eigenvalue weighted by Gasteiger charge is 2.31. The third-order valence-corrected chi connectivity index (χ3v) is 4.97. The van der Waals surface area contributed by atoms with Gasteiger partial charge in [-0.15, -0.1) is 0 Å². The highest BCUT2D eigenvalue weighted by molar-refractivity contribution is 9.10. The summed E-state index contributed by atoms with van der Waals surface area (Å²) in [7, 11) is 0. The minimum atomic E-state index is 0.631. The number of hydrogen-bond donors (Lipinski definition) is 0. The van der Waals surface area contributed by atoms with E-state index in [0.29, 0.717) is 4.83 Å². The molecule has 1 saturated carbocycles. The van der Waals surface area contributed by atoms with Crippen molar-refractivity contribution in [2.75, 3.05) is 0 Å². The Morgan fingerprint density at radius 3 is 2.40 bits per heavy atom. The van der Waals surface area contributed by atoms with Gasteiger partial charge in [0.1, 0.15) is 0 Å². The van der Waals surface area contributed by atoms with Crippen LogP contribution in [0, 0.1) is 11.8 Å². The van der Waals surface area contributed by atoms with Gasteiger partial charge in [-0.2, -0.15) is 0 Å². The molecule has 0 aliphatic heterocycles. The van der Waals surface area contributed by atoms with E-state index < -0.39 is 0 Å². The molecule has 0 saturated heterocycles. The van der Waals surface area contributed by atoms with Gasteiger partial charge in [0.05, 0.1) is 0 Å². The van der Waals surface area contributed by atoms with E-state index in [-0.39, 0.29) is 0 Å². The Labute approximate surface area is 109 Å². The highest BCUT2D eigenvalue weighted by Crippen LogP contribution is 2.40. The van der Waals surface area contributed by atoms with E-state index >= 15 is 0 Å². The van der Waals surface area contributed by atoms with Crippen LogP contribution in [0.3, 0.4) is 0 Å². The zero-order valence-corrected chi connectivity index (χ0v) is 12.1. The summed E-state index contributed by atoms with van der Waals surface area (Å²) in [6.07, 6.45) is 4.01. The van der Waals surface area contributed by atoms with Gasteiger partial charge in [-0.25, -0.2) is 0 Å². The molecule has 2 rings (SSSR count). The summed E-state index contributed by atoms with van der Waals surface area (Å²) < 4.78 is 1.16. The summed E-state index contributed by atoms with van der Waals surface area (Å²) in [5, 5.41) is 0. The second kappa shape index (κ2) is 5.01. The summed E-state index contributed by atoms with van der Waals surface area (Å²) in [6.45, 7) is 2.37. The first-order valence-electron chi connectivity index (χ1n) is 5.55. The zero-order valence-electron chi connectivity index (χ0n) is 8.92. The second-order valence-electron chi connectivity index (χ2n) is 4.54. The fourth-order valence-corrected chi connectivity index (χ4v) is 3.02. The van der Waals surface area contributed by atoms with Crippen LogP contribution in [0.2, 0.25) is 0 Å². The van der Waals surface area contributed by atoms with Crippen LogP contribution in [-0.4, -0.2) is 4.83 Å². The summed E-state index contributed by atoms with van der Waals surface area (Å²) in [5.41, 5.74) is 1.42. The van der Waals surface area contributed by atoms with Crippen molar-refractivity contribution in [3.63, 3.8) is 0 Å². The van der Waals surface area contributed by atoms with Crippen LogP contribution in [0.4, 0.5) is 0 Å². The molecule has 1 fully saturated rings. The molecule has 1 aromatic carbocycles. The topological polar surface area (TPSA) is 0 Å². The van der Waals surface area contributed by atoms with Crippen molar-refractivity contribution in [1.82, 2.24) is 0 Å². The van der Waals surface area contributed by atoms with Gasteiger partial charge in [0, 0.05) is 9.30 Å². The van der Waals surface area contributed by atoms with Crippen LogP contribution in [0.5, 0.6) is 0 Å². The quantitative estimate of drug-likeness (QED) is 0.695. The van der Waals surface area contributed by atoms with Crippen molar-refractivity contribution in [2.24, 2.45) is 11.8 Å². The number of alkyl halides is 1. The largest absolute Gasteiger partial charge is 0.0884 e. The second-order valence-corrected chi connectivity index (χ2v) is 6.63. The Bertz CT molecular complexity index is 314. The van der Waals surface area contributed by atoms with Crippen molar-refractivity contribution < 1.29 is 0 Å². The van der Waals surface area contributed by atoms with E-state index in [1.165, 1.54) is 18.4 Å². The van der Waals surface area contributed by atoms with Gasteiger partial charge in [-0.3, -0.25) is 0 Å². The van der Waals surface area contributed by atoms with Gasteiger partial charge in [0.25, 0.3) is 0 Å². The van der Waals surface area contributed by atoms with Gasteiger partial charge in [-0.05, 0) is 48.8 Å². The molecule has 0 spiro atoms. The molecule has 2 unspecified atom stereocenters. The van der Waals surface area contributed by atoms with Crippen LogP contribution >= 0.6 is 31.9 Å². The van der Waals surface area contributed by atoms with E-state index in [1.54, 1.807) is 0 Å². The number of hydrogen-bond acceptors (Lipinski definition) is 0. The lowest BCUT2D eigenvalue weighted by Gasteiger charge is -2.17. The molecule has 0 nitrogen and oxygen atoms in total. The molecule has 2 heteroatoms. The Morgan fingerprint density at radius 2 is 1.87 bits per heavy atom. The maximum absolute atomic E-state index is 3.83. The molecule has 0 heterocycles. The van der Waals surface area contributed by atoms with Crippen LogP contribution in [0.15, 0.2) is 28.7 Å². The first-order valence-corrected chi connectivity index (χ1v) is 7.26. The van der Waals surface area contributed by atoms with E-state index in [2.05, 4.69) is 63.0 Å². The lowest BCUT2D eigenvalue weighted by molar-refractivity contribution is 0.490. The lowest BCUT2D eigenvalue weighted by atomic mass is 9.97. The number of benzene rings is 1. The summed E-state index contributed by atoms with van der Waals surface area (Å²) in [5.74, 6) is 1.79. The maximum atomic E-state index is 3.83. The third-order valence-electron chi connectivity index (χ3n) is 3.28. The minimum Gasteiger partial charge on any atom is -0.0884 e. The highest BCUT2D eigenvalue weighted by atomic mass is 79.9. The van der Waals surface area contributed by atoms with Crippen LogP contribution in [0.25, 0.3) is 0 Å². The minimum absolute atomic E-state index is 0.631. The van der Waals surface area contributed by atoms with Crippen LogP contribution in [0.1, 0.15) is 25.3 Å². The molecule has 0 radical (unpaired) electrons. The lowest BCUT2D eigenvalue weighted by Crippen LogP contribution is -2.15. The molecule has 82 valence electrons. The molecule has 0 amide bonds. The Kier molecular flexibility index (Phi) is 3.89. The predicted molar refractivity (Wildman–Crippen MR) is 72.4 cm³/mol. The maximum Gasteiger partial charge on any atom is 0.0214 e. The Balaban J connectivity index is 1.92. The molecule has 0 bridgehead atoms. The van der Waals surface area contributed by atoms with Crippen LogP contribution in [-0.2, 0) is 6.42 Å². The van der Waals surface area contributed by atoms with Gasteiger partial charge in [-0.1, -0.05) is 50.9 Å². The molecular weight excluding hydrogens is 316 g/mol. The van der Waals surface area contributed by atoms with E-state index in [0.717, 1.165) is 22.7 Å². The first-order chi connectivity index (χ1) is 7.16. The molecule has 0 aromatic heterocycles. The summed E-state index contributed by atoms with van der Waals surface area (Å²) in [4.78, 5) is 0.631. The average molecular weight is 332 g/mol. The van der Waals surface area contributed by atoms with Gasteiger partial charge in [0.2, 0.25) is 0 Å². The first kappa shape index (κ1) is 11.7. The molecule has 1 aliphatic rings. The van der Waals surface area contributed by atoms with Gasteiger partial charge in [0.15, 0.2) is 0 Å². The fraction of sp³-hybridized carbons (Fsp3) is 0.538. The normalized spacial score (nSPS) is 19.9. The summed E-state index contributed by atoms with van der Waals surface area (Å²) >= 11 is 7.29. The summed E-state index contributed by atoms with van der Waals surface area (Å²) in [6, 6.07) is 8.66. The van der Waals surface area contributed by atoms with Crippen molar-refractivity contribution >= 4 is 31.9 Å². The van der Waals surface area contributed by atoms with Crippen molar-refractivity contribution in [2.45, 2.75) is 31.0 Å². The van der Waals surface area contributed by atoms with Crippen molar-refractivity contribution in [3.8, 4) is 0 Å². The van der Waals surface area contributed by atoms with Gasteiger partial charge >= 0.3 is 0 Å². The van der Waals surface area contributed by atoms with Crippen molar-refractivity contribution in [3.05, 3.63) is 34.3 Å². The fourth-order valence-electron chi connectivity index (χ4n) is 1.95. The standard InChI is InChI=1S/C13H16Br2/c1-9(11-4-5-11)13(15)8-10-2-6-12(14)7-3-10/h2-3,6-7,9,11,13H,4-5,8H2,1H3. The smallest absolute Gasteiger partial charge is 0.0214 e. The molecule has 15 heavy (non-hydrogen) atoms. The number of halogens is 2. The predicted octanol–water partition coefficient (Wildman–Crippen LogP) is 4.80. The zero-order chi connectivity index (χ0) is 10.8. The van der Waals surface area contributed by atoms with Crippen molar-refractivity contribution in [1.29, 1.82) is 0 Å². The number of rotatable bonds is 4. The monoisotopic (exact) mass is 330 g/mol. The Hall–Kier alpha value is 0.180. The molecule has 1 aliphatic carbocycles. The molecule has 2 atom stereocenters. The third kappa shape index (κ3) is 3.32. The Morgan fingerprint density at radius 1 is 1.27 bits per heavy atom. The molecule has 0 N–H and O–H groups in total. The van der Waals surface area contributed by atoms with Crippen LogP contribution < -0.4 is 0 Å². The van der Waals surface area contributed by atoms with Gasteiger partial charge < -0.3 is 0 Å². The van der Waals surface area contributed by atoms with E-state index in [4.69, 9.17) is 0 Å². The average Bonchev–Trinajstić information content (AvgIpc) is 3.04. The van der Waals surface area contributed by atoms with E-state index in [1.807, 2.05) is 0 Å².